The first kappa shape index (κ1) is 11.1. The lowest BCUT2D eigenvalue weighted by atomic mass is 10.0. The van der Waals surface area contributed by atoms with Gasteiger partial charge in [-0.05, 0) is 36.8 Å². The van der Waals surface area contributed by atoms with Gasteiger partial charge in [-0.25, -0.2) is 0 Å². The molecule has 0 unspecified atom stereocenters. The van der Waals surface area contributed by atoms with Gasteiger partial charge in [-0.3, -0.25) is 4.79 Å². The van der Waals surface area contributed by atoms with Crippen molar-refractivity contribution in [3.8, 4) is 0 Å². The zero-order valence-electron chi connectivity index (χ0n) is 9.57. The van der Waals surface area contributed by atoms with Crippen molar-refractivity contribution in [3.63, 3.8) is 0 Å². The SMILES string of the molecule is C[C@H](NCc1ccccc1C1CC1)C(N)=O. The molecule has 0 saturated heterocycles. The molecule has 1 aliphatic carbocycles. The van der Waals surface area contributed by atoms with Crippen LogP contribution < -0.4 is 11.1 Å². The van der Waals surface area contributed by atoms with Gasteiger partial charge in [0.1, 0.15) is 0 Å². The van der Waals surface area contributed by atoms with Crippen LogP contribution in [0, 0.1) is 0 Å². The highest BCUT2D eigenvalue weighted by atomic mass is 16.1. The number of carbonyl (C=O) groups is 1. The molecular weight excluding hydrogens is 200 g/mol. The minimum atomic E-state index is -0.302. The minimum Gasteiger partial charge on any atom is -0.368 e. The van der Waals surface area contributed by atoms with E-state index in [9.17, 15) is 4.79 Å². The maximum Gasteiger partial charge on any atom is 0.234 e. The minimum absolute atomic E-state index is 0.271. The topological polar surface area (TPSA) is 55.1 Å². The third-order valence-electron chi connectivity index (χ3n) is 3.10. The van der Waals surface area contributed by atoms with Crippen LogP contribution in [0.25, 0.3) is 0 Å². The van der Waals surface area contributed by atoms with Crippen LogP contribution in [0.4, 0.5) is 0 Å². The molecule has 16 heavy (non-hydrogen) atoms. The first-order chi connectivity index (χ1) is 7.68. The van der Waals surface area contributed by atoms with Gasteiger partial charge in [0.15, 0.2) is 0 Å². The van der Waals surface area contributed by atoms with Crippen molar-refractivity contribution in [1.82, 2.24) is 5.32 Å². The zero-order valence-corrected chi connectivity index (χ0v) is 9.57. The fourth-order valence-corrected chi connectivity index (χ4v) is 1.85. The Hall–Kier alpha value is -1.35. The lowest BCUT2D eigenvalue weighted by Gasteiger charge is -2.13. The van der Waals surface area contributed by atoms with E-state index in [1.54, 1.807) is 6.92 Å². The Balaban J connectivity index is 2.00. The fraction of sp³-hybridized carbons (Fsp3) is 0.462. The van der Waals surface area contributed by atoms with E-state index in [-0.39, 0.29) is 11.9 Å². The van der Waals surface area contributed by atoms with E-state index in [0.29, 0.717) is 0 Å². The Labute approximate surface area is 96.0 Å². The number of hydrogen-bond acceptors (Lipinski definition) is 2. The van der Waals surface area contributed by atoms with Crippen molar-refractivity contribution in [2.45, 2.75) is 38.3 Å². The summed E-state index contributed by atoms with van der Waals surface area (Å²) in [6.45, 7) is 2.51. The third-order valence-corrected chi connectivity index (χ3v) is 3.10. The average molecular weight is 218 g/mol. The highest BCUT2D eigenvalue weighted by Crippen LogP contribution is 2.41. The van der Waals surface area contributed by atoms with Crippen LogP contribution in [0.1, 0.15) is 36.8 Å². The van der Waals surface area contributed by atoms with Crippen LogP contribution >= 0.6 is 0 Å². The van der Waals surface area contributed by atoms with Crippen LogP contribution in [0.15, 0.2) is 24.3 Å². The molecule has 0 heterocycles. The predicted molar refractivity (Wildman–Crippen MR) is 63.9 cm³/mol. The number of hydrogen-bond donors (Lipinski definition) is 2. The Bertz CT molecular complexity index is 385. The molecule has 3 heteroatoms. The smallest absolute Gasteiger partial charge is 0.234 e. The van der Waals surface area contributed by atoms with Gasteiger partial charge in [0.25, 0.3) is 0 Å². The van der Waals surface area contributed by atoms with E-state index in [2.05, 4.69) is 23.5 Å². The number of nitrogens with two attached hydrogens (primary N) is 1. The molecule has 0 aromatic heterocycles. The molecule has 1 aliphatic rings. The van der Waals surface area contributed by atoms with Gasteiger partial charge in [-0.1, -0.05) is 24.3 Å². The van der Waals surface area contributed by atoms with Gasteiger partial charge in [-0.2, -0.15) is 0 Å². The summed E-state index contributed by atoms with van der Waals surface area (Å²) in [5.41, 5.74) is 7.92. The fourth-order valence-electron chi connectivity index (χ4n) is 1.85. The average Bonchev–Trinajstić information content (AvgIpc) is 3.10. The summed E-state index contributed by atoms with van der Waals surface area (Å²) in [6.07, 6.45) is 2.59. The highest BCUT2D eigenvalue weighted by molar-refractivity contribution is 5.79. The van der Waals surface area contributed by atoms with Crippen LogP contribution in [-0.2, 0) is 11.3 Å². The lowest BCUT2D eigenvalue weighted by Crippen LogP contribution is -2.38. The second-order valence-electron chi connectivity index (χ2n) is 4.48. The molecule has 0 aliphatic heterocycles. The molecule has 3 N–H and O–H groups in total. The summed E-state index contributed by atoms with van der Waals surface area (Å²) in [5.74, 6) is 0.436. The van der Waals surface area contributed by atoms with Gasteiger partial charge >= 0.3 is 0 Å². The Morgan fingerprint density at radius 2 is 2.19 bits per heavy atom. The van der Waals surface area contributed by atoms with E-state index < -0.39 is 0 Å². The van der Waals surface area contributed by atoms with E-state index >= 15 is 0 Å². The maximum atomic E-state index is 10.9. The van der Waals surface area contributed by atoms with Crippen molar-refractivity contribution in [2.24, 2.45) is 5.73 Å². The normalized spacial score (nSPS) is 17.1. The predicted octanol–water partition coefficient (Wildman–Crippen LogP) is 1.53. The monoisotopic (exact) mass is 218 g/mol. The molecule has 0 radical (unpaired) electrons. The van der Waals surface area contributed by atoms with Crippen LogP contribution in [-0.4, -0.2) is 11.9 Å². The van der Waals surface area contributed by atoms with E-state index in [4.69, 9.17) is 5.73 Å². The second-order valence-corrected chi connectivity index (χ2v) is 4.48. The molecule has 1 atom stereocenters. The van der Waals surface area contributed by atoms with Crippen molar-refractivity contribution < 1.29 is 4.79 Å². The van der Waals surface area contributed by atoms with Crippen molar-refractivity contribution in [2.75, 3.05) is 0 Å². The first-order valence-electron chi connectivity index (χ1n) is 5.79. The van der Waals surface area contributed by atoms with E-state index in [0.717, 1.165) is 12.5 Å². The Kier molecular flexibility index (Phi) is 3.25. The summed E-state index contributed by atoms with van der Waals surface area (Å²) >= 11 is 0. The van der Waals surface area contributed by atoms with Crippen molar-refractivity contribution in [3.05, 3.63) is 35.4 Å². The summed E-state index contributed by atoms with van der Waals surface area (Å²) in [6, 6.07) is 8.15. The van der Waals surface area contributed by atoms with Crippen LogP contribution in [0.3, 0.4) is 0 Å². The molecule has 1 aromatic rings. The number of amides is 1. The summed E-state index contributed by atoms with van der Waals surface area (Å²) in [5, 5.41) is 3.15. The third kappa shape index (κ3) is 2.61. The molecule has 1 saturated carbocycles. The molecule has 2 rings (SSSR count). The number of benzene rings is 1. The lowest BCUT2D eigenvalue weighted by molar-refractivity contribution is -0.119. The van der Waals surface area contributed by atoms with Gasteiger partial charge in [-0.15, -0.1) is 0 Å². The van der Waals surface area contributed by atoms with Gasteiger partial charge in [0, 0.05) is 6.54 Å². The largest absolute Gasteiger partial charge is 0.368 e. The molecule has 1 aromatic carbocycles. The van der Waals surface area contributed by atoms with Gasteiger partial charge < -0.3 is 11.1 Å². The van der Waals surface area contributed by atoms with E-state index in [1.165, 1.54) is 24.0 Å². The van der Waals surface area contributed by atoms with Crippen molar-refractivity contribution in [1.29, 1.82) is 0 Å². The molecule has 1 amide bonds. The second kappa shape index (κ2) is 4.66. The standard InChI is InChI=1S/C13H18N2O/c1-9(13(14)16)15-8-11-4-2-3-5-12(11)10-6-7-10/h2-5,9-10,15H,6-8H2,1H3,(H2,14,16)/t9-/m0/s1. The first-order valence-corrected chi connectivity index (χ1v) is 5.79. The molecule has 3 nitrogen and oxygen atoms in total. The van der Waals surface area contributed by atoms with E-state index in [1.807, 2.05) is 6.07 Å². The summed E-state index contributed by atoms with van der Waals surface area (Å²) < 4.78 is 0. The summed E-state index contributed by atoms with van der Waals surface area (Å²) in [7, 11) is 0. The quantitative estimate of drug-likeness (QED) is 0.787. The molecule has 86 valence electrons. The Morgan fingerprint density at radius 1 is 1.50 bits per heavy atom. The van der Waals surface area contributed by atoms with Gasteiger partial charge in [0.2, 0.25) is 5.91 Å². The van der Waals surface area contributed by atoms with Crippen molar-refractivity contribution >= 4 is 5.91 Å². The Morgan fingerprint density at radius 3 is 2.81 bits per heavy atom. The maximum absolute atomic E-state index is 10.9. The number of nitrogens with one attached hydrogen (secondary N) is 1. The van der Waals surface area contributed by atoms with Gasteiger partial charge in [0.05, 0.1) is 6.04 Å². The molecule has 0 spiro atoms. The molecular formula is C13H18N2O. The number of primary amides is 1. The molecule has 1 fully saturated rings. The summed E-state index contributed by atoms with van der Waals surface area (Å²) in [4.78, 5) is 10.9. The molecule has 0 bridgehead atoms. The number of rotatable bonds is 5. The zero-order chi connectivity index (χ0) is 11.5. The number of carbonyl (C=O) groups excluding carboxylic acids is 1. The van der Waals surface area contributed by atoms with Crippen LogP contribution in [0.5, 0.6) is 0 Å². The highest BCUT2D eigenvalue weighted by Gasteiger charge is 2.25. The van der Waals surface area contributed by atoms with Crippen LogP contribution in [0.2, 0.25) is 0 Å².